The lowest BCUT2D eigenvalue weighted by Crippen LogP contribution is -2.44. The van der Waals surface area contributed by atoms with Crippen molar-refractivity contribution in [1.82, 2.24) is 15.5 Å². The molecule has 0 fully saturated rings. The van der Waals surface area contributed by atoms with E-state index in [1.165, 1.54) is 5.56 Å². The summed E-state index contributed by atoms with van der Waals surface area (Å²) in [6.07, 6.45) is 0.818. The molecule has 6 nitrogen and oxygen atoms in total. The second-order valence-electron chi connectivity index (χ2n) is 6.19. The number of ether oxygens (including phenoxy) is 1. The van der Waals surface area contributed by atoms with Crippen molar-refractivity contribution >= 4 is 11.9 Å². The molecule has 27 heavy (non-hydrogen) atoms. The van der Waals surface area contributed by atoms with E-state index in [-0.39, 0.29) is 12.5 Å². The number of nitrogens with zero attached hydrogens (tertiary/aromatic N) is 2. The molecule has 0 saturated carbocycles. The standard InChI is InChI=1S/C21H28N4O2/c1-22-21(25(2)16-18-9-11-19(27-3)12-10-18)24-15-20(26)23-14-13-17-7-5-4-6-8-17/h4-12H,13-16H2,1-3H3,(H,22,24)(H,23,26). The number of nitrogens with one attached hydrogen (secondary N) is 2. The van der Waals surface area contributed by atoms with Crippen molar-refractivity contribution in [3.05, 3.63) is 65.7 Å². The van der Waals surface area contributed by atoms with E-state index in [2.05, 4.69) is 27.8 Å². The molecule has 0 heterocycles. The fourth-order valence-electron chi connectivity index (χ4n) is 2.68. The van der Waals surface area contributed by atoms with Crippen LogP contribution >= 0.6 is 0 Å². The van der Waals surface area contributed by atoms with E-state index in [1.807, 2.05) is 54.4 Å². The molecular weight excluding hydrogens is 340 g/mol. The molecule has 0 radical (unpaired) electrons. The number of carbonyl (C=O) groups excluding carboxylic acids is 1. The number of methoxy groups -OCH3 is 1. The first kappa shape index (κ1) is 20.3. The van der Waals surface area contributed by atoms with Gasteiger partial charge in [-0.3, -0.25) is 9.79 Å². The number of guanidine groups is 1. The zero-order chi connectivity index (χ0) is 19.5. The van der Waals surface area contributed by atoms with Crippen LogP contribution in [0.3, 0.4) is 0 Å². The number of hydrogen-bond donors (Lipinski definition) is 2. The fourth-order valence-corrected chi connectivity index (χ4v) is 2.68. The molecule has 2 aromatic carbocycles. The van der Waals surface area contributed by atoms with Gasteiger partial charge in [0.05, 0.1) is 13.7 Å². The molecule has 2 N–H and O–H groups in total. The molecule has 0 aliphatic heterocycles. The maximum absolute atomic E-state index is 12.0. The Kier molecular flexibility index (Phi) is 8.16. The lowest BCUT2D eigenvalue weighted by atomic mass is 10.1. The van der Waals surface area contributed by atoms with Crippen LogP contribution in [0.25, 0.3) is 0 Å². The van der Waals surface area contributed by atoms with Crippen LogP contribution in [0.5, 0.6) is 5.75 Å². The number of amides is 1. The van der Waals surface area contributed by atoms with Crippen LogP contribution in [-0.4, -0.2) is 51.1 Å². The summed E-state index contributed by atoms with van der Waals surface area (Å²) in [6.45, 7) is 1.48. The summed E-state index contributed by atoms with van der Waals surface area (Å²) in [5.74, 6) is 1.45. The first-order valence-corrected chi connectivity index (χ1v) is 8.97. The Labute approximate surface area is 161 Å². The molecule has 144 valence electrons. The third-order valence-electron chi connectivity index (χ3n) is 4.14. The molecule has 0 aromatic heterocycles. The quantitative estimate of drug-likeness (QED) is 0.553. The molecule has 2 aromatic rings. The molecule has 0 aliphatic rings. The van der Waals surface area contributed by atoms with Gasteiger partial charge in [-0.25, -0.2) is 0 Å². The Morgan fingerprint density at radius 2 is 1.74 bits per heavy atom. The van der Waals surface area contributed by atoms with Crippen molar-refractivity contribution in [1.29, 1.82) is 0 Å². The highest BCUT2D eigenvalue weighted by Crippen LogP contribution is 2.12. The van der Waals surface area contributed by atoms with E-state index < -0.39 is 0 Å². The second kappa shape index (κ2) is 10.9. The van der Waals surface area contributed by atoms with Gasteiger partial charge in [0.2, 0.25) is 5.91 Å². The lowest BCUT2D eigenvalue weighted by Gasteiger charge is -2.22. The van der Waals surface area contributed by atoms with Gasteiger partial charge < -0.3 is 20.3 Å². The monoisotopic (exact) mass is 368 g/mol. The van der Waals surface area contributed by atoms with Crippen molar-refractivity contribution in [2.24, 2.45) is 4.99 Å². The molecule has 0 saturated heterocycles. The Morgan fingerprint density at radius 3 is 2.37 bits per heavy atom. The van der Waals surface area contributed by atoms with Gasteiger partial charge in [-0.2, -0.15) is 0 Å². The number of benzene rings is 2. The predicted molar refractivity (Wildman–Crippen MR) is 109 cm³/mol. The molecule has 6 heteroatoms. The van der Waals surface area contributed by atoms with Crippen molar-refractivity contribution in [3.63, 3.8) is 0 Å². The molecule has 0 aliphatic carbocycles. The van der Waals surface area contributed by atoms with Gasteiger partial charge in [-0.05, 0) is 29.7 Å². The van der Waals surface area contributed by atoms with Crippen LogP contribution < -0.4 is 15.4 Å². The molecule has 0 unspecified atom stereocenters. The van der Waals surface area contributed by atoms with Crippen molar-refractivity contribution < 1.29 is 9.53 Å². The Bertz CT molecular complexity index is 730. The average Bonchev–Trinajstić information content (AvgIpc) is 2.70. The fraction of sp³-hybridized carbons (Fsp3) is 0.333. The number of aliphatic imine (C=N–C) groups is 1. The molecule has 0 spiro atoms. The van der Waals surface area contributed by atoms with Gasteiger partial charge in [0, 0.05) is 27.2 Å². The van der Waals surface area contributed by atoms with Gasteiger partial charge in [0.15, 0.2) is 5.96 Å². The predicted octanol–water partition coefficient (Wildman–Crippen LogP) is 2.06. The normalized spacial score (nSPS) is 11.0. The summed E-state index contributed by atoms with van der Waals surface area (Å²) in [5, 5.41) is 6.02. The Hall–Kier alpha value is -3.02. The van der Waals surface area contributed by atoms with E-state index >= 15 is 0 Å². The highest BCUT2D eigenvalue weighted by atomic mass is 16.5. The van der Waals surface area contributed by atoms with E-state index in [1.54, 1.807) is 14.2 Å². The highest BCUT2D eigenvalue weighted by molar-refractivity contribution is 5.86. The van der Waals surface area contributed by atoms with Gasteiger partial charge in [0.25, 0.3) is 0 Å². The van der Waals surface area contributed by atoms with Crippen LogP contribution in [0, 0.1) is 0 Å². The molecule has 2 rings (SSSR count). The van der Waals surface area contributed by atoms with Crippen molar-refractivity contribution in [3.8, 4) is 5.75 Å². The minimum Gasteiger partial charge on any atom is -0.497 e. The van der Waals surface area contributed by atoms with Gasteiger partial charge in [0.1, 0.15) is 5.75 Å². The van der Waals surface area contributed by atoms with E-state index in [0.717, 1.165) is 17.7 Å². The molecule has 1 amide bonds. The maximum atomic E-state index is 12.0. The van der Waals surface area contributed by atoms with Crippen LogP contribution in [0.4, 0.5) is 0 Å². The first-order chi connectivity index (χ1) is 13.1. The summed E-state index contributed by atoms with van der Waals surface area (Å²) in [5.41, 5.74) is 2.34. The third kappa shape index (κ3) is 7.01. The van der Waals surface area contributed by atoms with Crippen LogP contribution in [0.2, 0.25) is 0 Å². The minimum absolute atomic E-state index is 0.0510. The SMILES string of the molecule is CN=C(NCC(=O)NCCc1ccccc1)N(C)Cc1ccc(OC)cc1. The Morgan fingerprint density at radius 1 is 1.04 bits per heavy atom. The topological polar surface area (TPSA) is 66.0 Å². The molecule has 0 atom stereocenters. The summed E-state index contributed by atoms with van der Waals surface area (Å²) in [6, 6.07) is 18.0. The van der Waals surface area contributed by atoms with Gasteiger partial charge in [-0.15, -0.1) is 0 Å². The summed E-state index contributed by atoms with van der Waals surface area (Å²) >= 11 is 0. The smallest absolute Gasteiger partial charge is 0.239 e. The largest absolute Gasteiger partial charge is 0.497 e. The van der Waals surface area contributed by atoms with E-state index in [9.17, 15) is 4.79 Å². The van der Waals surface area contributed by atoms with Crippen molar-refractivity contribution in [2.45, 2.75) is 13.0 Å². The van der Waals surface area contributed by atoms with Crippen LogP contribution in [0.15, 0.2) is 59.6 Å². The number of rotatable bonds is 8. The highest BCUT2D eigenvalue weighted by Gasteiger charge is 2.09. The summed E-state index contributed by atoms with van der Waals surface area (Å²) < 4.78 is 5.17. The maximum Gasteiger partial charge on any atom is 0.239 e. The van der Waals surface area contributed by atoms with Crippen LogP contribution in [-0.2, 0) is 17.8 Å². The minimum atomic E-state index is -0.0510. The third-order valence-corrected chi connectivity index (χ3v) is 4.14. The zero-order valence-corrected chi connectivity index (χ0v) is 16.2. The van der Waals surface area contributed by atoms with E-state index in [0.29, 0.717) is 19.0 Å². The number of carbonyl (C=O) groups is 1. The molecular formula is C21H28N4O2. The Balaban J connectivity index is 1.73. The van der Waals surface area contributed by atoms with Crippen molar-refractivity contribution in [2.75, 3.05) is 34.3 Å². The van der Waals surface area contributed by atoms with Gasteiger partial charge in [-0.1, -0.05) is 42.5 Å². The number of hydrogen-bond acceptors (Lipinski definition) is 3. The van der Waals surface area contributed by atoms with E-state index in [4.69, 9.17) is 4.74 Å². The first-order valence-electron chi connectivity index (χ1n) is 8.97. The second-order valence-corrected chi connectivity index (χ2v) is 6.19. The van der Waals surface area contributed by atoms with Crippen LogP contribution in [0.1, 0.15) is 11.1 Å². The summed E-state index contributed by atoms with van der Waals surface area (Å²) in [4.78, 5) is 18.3. The average molecular weight is 368 g/mol. The lowest BCUT2D eigenvalue weighted by molar-refractivity contribution is -0.120. The zero-order valence-electron chi connectivity index (χ0n) is 16.2. The summed E-state index contributed by atoms with van der Waals surface area (Å²) in [7, 11) is 5.30. The molecule has 0 bridgehead atoms. The van der Waals surface area contributed by atoms with Gasteiger partial charge >= 0.3 is 0 Å².